The average molecular weight is 174 g/mol. The van der Waals surface area contributed by atoms with Crippen molar-refractivity contribution in [2.75, 3.05) is 6.61 Å². The summed E-state index contributed by atoms with van der Waals surface area (Å²) in [6.07, 6.45) is 1.61. The lowest BCUT2D eigenvalue weighted by Gasteiger charge is -2.12. The van der Waals surface area contributed by atoms with Gasteiger partial charge in [0, 0.05) is 5.92 Å². The van der Waals surface area contributed by atoms with Gasteiger partial charge >= 0.3 is 0 Å². The summed E-state index contributed by atoms with van der Waals surface area (Å²) >= 11 is 0. The van der Waals surface area contributed by atoms with E-state index in [1.165, 1.54) is 11.1 Å². The zero-order valence-electron chi connectivity index (χ0n) is 7.86. The van der Waals surface area contributed by atoms with Crippen molar-refractivity contribution in [2.45, 2.75) is 25.4 Å². The second-order valence-corrected chi connectivity index (χ2v) is 4.28. The van der Waals surface area contributed by atoms with E-state index in [2.05, 4.69) is 31.2 Å². The van der Waals surface area contributed by atoms with Crippen LogP contribution >= 0.6 is 0 Å². The summed E-state index contributed by atoms with van der Waals surface area (Å²) in [5.74, 6) is 1.38. The van der Waals surface area contributed by atoms with Crippen molar-refractivity contribution >= 4 is 0 Å². The third-order valence-corrected chi connectivity index (χ3v) is 3.42. The lowest BCUT2D eigenvalue weighted by atomic mass is 9.90. The van der Waals surface area contributed by atoms with Crippen molar-refractivity contribution in [1.29, 1.82) is 0 Å². The fourth-order valence-electron chi connectivity index (χ4n) is 2.80. The Morgan fingerprint density at radius 1 is 1.31 bits per heavy atom. The van der Waals surface area contributed by atoms with Crippen molar-refractivity contribution < 1.29 is 4.74 Å². The maximum atomic E-state index is 5.77. The minimum Gasteiger partial charge on any atom is -0.377 e. The smallest absolute Gasteiger partial charge is 0.0687 e. The van der Waals surface area contributed by atoms with E-state index in [0.717, 1.165) is 13.0 Å². The molecular formula is C12H14O. The fourth-order valence-corrected chi connectivity index (χ4v) is 2.80. The Morgan fingerprint density at radius 3 is 3.08 bits per heavy atom. The Kier molecular flexibility index (Phi) is 1.50. The molecule has 1 aromatic rings. The third kappa shape index (κ3) is 0.969. The monoisotopic (exact) mass is 174 g/mol. The predicted octanol–water partition coefficient (Wildman–Crippen LogP) is 2.36. The molecule has 1 fully saturated rings. The minimum atomic E-state index is 0.479. The van der Waals surface area contributed by atoms with Crippen LogP contribution in [-0.4, -0.2) is 12.7 Å². The van der Waals surface area contributed by atoms with Crippen molar-refractivity contribution in [3.05, 3.63) is 35.4 Å². The molecule has 1 saturated heterocycles. The molecule has 0 N–H and O–H groups in total. The van der Waals surface area contributed by atoms with Crippen LogP contribution in [0.4, 0.5) is 0 Å². The standard InChI is InChI=1S/C12H14O/c1-8-7-13-11-6-9-4-2-3-5-10(9)12(8)11/h2-5,8,11-12H,6-7H2,1H3/t8-,11-,12+/m1/s1. The quantitative estimate of drug-likeness (QED) is 0.586. The van der Waals surface area contributed by atoms with Crippen LogP contribution in [0.25, 0.3) is 0 Å². The fraction of sp³-hybridized carbons (Fsp3) is 0.500. The molecular weight excluding hydrogens is 160 g/mol. The van der Waals surface area contributed by atoms with Gasteiger partial charge in [-0.2, -0.15) is 0 Å². The number of ether oxygens (including phenoxy) is 1. The lowest BCUT2D eigenvalue weighted by Crippen LogP contribution is -2.11. The van der Waals surface area contributed by atoms with Crippen molar-refractivity contribution in [3.63, 3.8) is 0 Å². The summed E-state index contributed by atoms with van der Waals surface area (Å²) in [6.45, 7) is 3.25. The molecule has 0 bridgehead atoms. The zero-order chi connectivity index (χ0) is 8.84. The van der Waals surface area contributed by atoms with Crippen LogP contribution in [-0.2, 0) is 11.2 Å². The first-order chi connectivity index (χ1) is 6.36. The number of fused-ring (bicyclic) bond motifs is 3. The van der Waals surface area contributed by atoms with E-state index < -0.39 is 0 Å². The Hall–Kier alpha value is -0.820. The van der Waals surface area contributed by atoms with E-state index >= 15 is 0 Å². The second-order valence-electron chi connectivity index (χ2n) is 4.28. The van der Waals surface area contributed by atoms with Gasteiger partial charge in [0.1, 0.15) is 0 Å². The molecule has 3 rings (SSSR count). The van der Waals surface area contributed by atoms with Crippen LogP contribution in [0.15, 0.2) is 24.3 Å². The van der Waals surface area contributed by atoms with Gasteiger partial charge in [-0.15, -0.1) is 0 Å². The van der Waals surface area contributed by atoms with E-state index in [9.17, 15) is 0 Å². The van der Waals surface area contributed by atoms with Crippen LogP contribution < -0.4 is 0 Å². The summed E-state index contributed by atoms with van der Waals surface area (Å²) in [7, 11) is 0. The van der Waals surface area contributed by atoms with Gasteiger partial charge < -0.3 is 4.74 Å². The SMILES string of the molecule is C[C@@H]1CO[C@@H]2Cc3ccccc3[C@H]12. The molecule has 1 aliphatic heterocycles. The Bertz CT molecular complexity index is 332. The molecule has 1 heteroatoms. The average Bonchev–Trinajstić information content (AvgIpc) is 2.66. The van der Waals surface area contributed by atoms with Crippen LogP contribution in [0.3, 0.4) is 0 Å². The van der Waals surface area contributed by atoms with Crippen molar-refractivity contribution in [2.24, 2.45) is 5.92 Å². The maximum Gasteiger partial charge on any atom is 0.0687 e. The van der Waals surface area contributed by atoms with E-state index in [1.807, 2.05) is 0 Å². The van der Waals surface area contributed by atoms with Crippen LogP contribution in [0.5, 0.6) is 0 Å². The summed E-state index contributed by atoms with van der Waals surface area (Å²) < 4.78 is 5.77. The van der Waals surface area contributed by atoms with Gasteiger partial charge in [-0.05, 0) is 23.5 Å². The molecule has 2 aliphatic rings. The molecule has 13 heavy (non-hydrogen) atoms. The van der Waals surface area contributed by atoms with E-state index in [-0.39, 0.29) is 0 Å². The van der Waals surface area contributed by atoms with Gasteiger partial charge in [0.2, 0.25) is 0 Å². The van der Waals surface area contributed by atoms with E-state index in [4.69, 9.17) is 4.74 Å². The largest absolute Gasteiger partial charge is 0.377 e. The topological polar surface area (TPSA) is 9.23 Å². The number of benzene rings is 1. The van der Waals surface area contributed by atoms with Crippen molar-refractivity contribution in [3.8, 4) is 0 Å². The van der Waals surface area contributed by atoms with Crippen LogP contribution in [0, 0.1) is 5.92 Å². The number of hydrogen-bond acceptors (Lipinski definition) is 1. The highest BCUT2D eigenvalue weighted by atomic mass is 16.5. The van der Waals surface area contributed by atoms with Gasteiger partial charge in [-0.25, -0.2) is 0 Å². The first-order valence-corrected chi connectivity index (χ1v) is 5.05. The molecule has 0 spiro atoms. The highest BCUT2D eigenvalue weighted by molar-refractivity contribution is 5.38. The van der Waals surface area contributed by atoms with Gasteiger partial charge in [0.05, 0.1) is 12.7 Å². The Balaban J connectivity index is 2.08. The van der Waals surface area contributed by atoms with Gasteiger partial charge in [-0.1, -0.05) is 31.2 Å². The lowest BCUT2D eigenvalue weighted by molar-refractivity contribution is 0.108. The molecule has 1 heterocycles. The summed E-state index contributed by atoms with van der Waals surface area (Å²) in [5, 5.41) is 0. The molecule has 1 aromatic carbocycles. The molecule has 1 aliphatic carbocycles. The van der Waals surface area contributed by atoms with Gasteiger partial charge in [-0.3, -0.25) is 0 Å². The highest BCUT2D eigenvalue weighted by Crippen LogP contribution is 2.44. The van der Waals surface area contributed by atoms with Crippen LogP contribution in [0.2, 0.25) is 0 Å². The Morgan fingerprint density at radius 2 is 2.15 bits per heavy atom. The molecule has 0 unspecified atom stereocenters. The highest BCUT2D eigenvalue weighted by Gasteiger charge is 2.41. The normalized spacial score (nSPS) is 35.9. The van der Waals surface area contributed by atoms with Gasteiger partial charge in [0.15, 0.2) is 0 Å². The maximum absolute atomic E-state index is 5.77. The molecule has 68 valence electrons. The third-order valence-electron chi connectivity index (χ3n) is 3.42. The molecule has 3 atom stereocenters. The first-order valence-electron chi connectivity index (χ1n) is 5.05. The minimum absolute atomic E-state index is 0.479. The van der Waals surface area contributed by atoms with E-state index in [1.54, 1.807) is 0 Å². The van der Waals surface area contributed by atoms with Gasteiger partial charge in [0.25, 0.3) is 0 Å². The van der Waals surface area contributed by atoms with Crippen molar-refractivity contribution in [1.82, 2.24) is 0 Å². The summed E-state index contributed by atoms with van der Waals surface area (Å²) in [4.78, 5) is 0. The second kappa shape index (κ2) is 2.58. The number of rotatable bonds is 0. The van der Waals surface area contributed by atoms with Crippen LogP contribution in [0.1, 0.15) is 24.0 Å². The first kappa shape index (κ1) is 7.57. The summed E-state index contributed by atoms with van der Waals surface area (Å²) in [6, 6.07) is 8.78. The summed E-state index contributed by atoms with van der Waals surface area (Å²) in [5.41, 5.74) is 3.04. The molecule has 0 radical (unpaired) electrons. The predicted molar refractivity (Wildman–Crippen MR) is 51.8 cm³/mol. The van der Waals surface area contributed by atoms with E-state index in [0.29, 0.717) is 17.9 Å². The number of hydrogen-bond donors (Lipinski definition) is 0. The molecule has 0 aromatic heterocycles. The molecule has 1 nitrogen and oxygen atoms in total. The molecule has 0 amide bonds. The Labute approximate surface area is 78.7 Å². The zero-order valence-corrected chi connectivity index (χ0v) is 7.86. The molecule has 0 saturated carbocycles.